The number of aryl methyl sites for hydroxylation is 1. The standard InChI is InChI=1S/C23H21ClFN5O3S/c24-16-3-8-19-15(14-16)2-1-12-30(19)20-11-13-29(23(20)31)17-4-6-18(7-5-17)34(32,33)28-22-10-9-21(25)26-27-22/h3-10,14,20H,1-2,11-13H2,(H,27,28)/t20-/m1/s1. The van der Waals surface area contributed by atoms with Gasteiger partial charge in [-0.15, -0.1) is 10.2 Å². The molecule has 1 aromatic heterocycles. The summed E-state index contributed by atoms with van der Waals surface area (Å²) >= 11 is 6.15. The number of hydrogen-bond acceptors (Lipinski definition) is 6. The molecule has 8 nitrogen and oxygen atoms in total. The molecular formula is C23H21ClFN5O3S. The van der Waals surface area contributed by atoms with Crippen molar-refractivity contribution in [3.05, 3.63) is 71.1 Å². The van der Waals surface area contributed by atoms with Gasteiger partial charge in [0.2, 0.25) is 11.9 Å². The normalized spacial score (nSPS) is 18.2. The van der Waals surface area contributed by atoms with Gasteiger partial charge in [0.15, 0.2) is 5.82 Å². The van der Waals surface area contributed by atoms with Crippen molar-refractivity contribution in [2.24, 2.45) is 0 Å². The number of amides is 1. The molecule has 2 aliphatic heterocycles. The van der Waals surface area contributed by atoms with Gasteiger partial charge in [-0.25, -0.2) is 8.42 Å². The van der Waals surface area contributed by atoms with E-state index in [-0.39, 0.29) is 22.7 Å². The summed E-state index contributed by atoms with van der Waals surface area (Å²) in [4.78, 5) is 17.1. The molecule has 1 saturated heterocycles. The third-order valence-corrected chi connectivity index (χ3v) is 7.68. The molecule has 0 spiro atoms. The van der Waals surface area contributed by atoms with Gasteiger partial charge in [-0.2, -0.15) is 4.39 Å². The van der Waals surface area contributed by atoms with Crippen molar-refractivity contribution < 1.29 is 17.6 Å². The Hall–Kier alpha value is -3.24. The van der Waals surface area contributed by atoms with Crippen LogP contribution in [0.4, 0.5) is 21.6 Å². The van der Waals surface area contributed by atoms with Crippen molar-refractivity contribution in [3.8, 4) is 0 Å². The number of nitrogens with one attached hydrogen (secondary N) is 1. The van der Waals surface area contributed by atoms with Crippen LogP contribution < -0.4 is 14.5 Å². The maximum atomic E-state index is 13.3. The van der Waals surface area contributed by atoms with Crippen LogP contribution in [0, 0.1) is 5.95 Å². The Morgan fingerprint density at radius 2 is 1.82 bits per heavy atom. The Morgan fingerprint density at radius 3 is 2.56 bits per heavy atom. The zero-order valence-electron chi connectivity index (χ0n) is 18.0. The molecule has 0 radical (unpaired) electrons. The number of rotatable bonds is 5. The van der Waals surface area contributed by atoms with Crippen molar-refractivity contribution in [1.82, 2.24) is 10.2 Å². The van der Waals surface area contributed by atoms with E-state index >= 15 is 0 Å². The number of fused-ring (bicyclic) bond motifs is 1. The van der Waals surface area contributed by atoms with Crippen LogP contribution >= 0.6 is 11.6 Å². The van der Waals surface area contributed by atoms with Crippen LogP contribution in [0.5, 0.6) is 0 Å². The van der Waals surface area contributed by atoms with Crippen molar-refractivity contribution >= 4 is 44.7 Å². The topological polar surface area (TPSA) is 95.5 Å². The molecule has 1 fully saturated rings. The summed E-state index contributed by atoms with van der Waals surface area (Å²) in [6.45, 7) is 1.34. The highest BCUT2D eigenvalue weighted by atomic mass is 35.5. The first-order valence-electron chi connectivity index (χ1n) is 10.8. The Bertz CT molecular complexity index is 1340. The van der Waals surface area contributed by atoms with E-state index < -0.39 is 16.0 Å². The summed E-state index contributed by atoms with van der Waals surface area (Å²) in [5.41, 5.74) is 2.83. The molecule has 3 heterocycles. The quantitative estimate of drug-likeness (QED) is 0.573. The van der Waals surface area contributed by atoms with Crippen molar-refractivity contribution in [1.29, 1.82) is 0 Å². The average Bonchev–Trinajstić information content (AvgIpc) is 3.21. The fourth-order valence-electron chi connectivity index (χ4n) is 4.50. The molecule has 0 saturated carbocycles. The van der Waals surface area contributed by atoms with Gasteiger partial charge in [0.25, 0.3) is 10.0 Å². The maximum Gasteiger partial charge on any atom is 0.263 e. The minimum Gasteiger partial charge on any atom is -0.359 e. The Morgan fingerprint density at radius 1 is 1.03 bits per heavy atom. The molecule has 5 rings (SSSR count). The molecule has 11 heteroatoms. The fraction of sp³-hybridized carbons (Fsp3) is 0.261. The Balaban J connectivity index is 1.32. The Kier molecular flexibility index (Phi) is 5.86. The van der Waals surface area contributed by atoms with Crippen LogP contribution in [-0.4, -0.2) is 43.7 Å². The molecule has 1 amide bonds. The van der Waals surface area contributed by atoms with Crippen LogP contribution in [0.2, 0.25) is 5.02 Å². The van der Waals surface area contributed by atoms with E-state index in [1.54, 1.807) is 17.0 Å². The van der Waals surface area contributed by atoms with Gasteiger partial charge in [0, 0.05) is 29.5 Å². The van der Waals surface area contributed by atoms with Crippen molar-refractivity contribution in [2.75, 3.05) is 27.6 Å². The molecule has 176 valence electrons. The van der Waals surface area contributed by atoms with Crippen LogP contribution in [0.1, 0.15) is 18.4 Å². The van der Waals surface area contributed by atoms with Crippen LogP contribution in [0.25, 0.3) is 0 Å². The van der Waals surface area contributed by atoms with E-state index in [2.05, 4.69) is 19.8 Å². The van der Waals surface area contributed by atoms with Crippen molar-refractivity contribution in [3.63, 3.8) is 0 Å². The number of nitrogens with zero attached hydrogens (tertiary/aromatic N) is 4. The van der Waals surface area contributed by atoms with E-state index in [0.29, 0.717) is 23.7 Å². The molecule has 0 bridgehead atoms. The minimum atomic E-state index is -3.94. The lowest BCUT2D eigenvalue weighted by atomic mass is 9.99. The van der Waals surface area contributed by atoms with Gasteiger partial charge in [-0.1, -0.05) is 11.6 Å². The minimum absolute atomic E-state index is 0.00703. The molecule has 34 heavy (non-hydrogen) atoms. The number of hydrogen-bond donors (Lipinski definition) is 1. The first-order chi connectivity index (χ1) is 16.3. The Labute approximate surface area is 201 Å². The van der Waals surface area contributed by atoms with Crippen LogP contribution in [-0.2, 0) is 21.2 Å². The van der Waals surface area contributed by atoms with E-state index in [0.717, 1.165) is 36.7 Å². The highest BCUT2D eigenvalue weighted by Gasteiger charge is 2.38. The van der Waals surface area contributed by atoms with E-state index in [9.17, 15) is 17.6 Å². The third kappa shape index (κ3) is 4.30. The molecule has 3 aromatic rings. The van der Waals surface area contributed by atoms with Gasteiger partial charge in [-0.05, 0) is 79.4 Å². The fourth-order valence-corrected chi connectivity index (χ4v) is 5.69. The van der Waals surface area contributed by atoms with Gasteiger partial charge >= 0.3 is 0 Å². The molecule has 2 aromatic carbocycles. The highest BCUT2D eigenvalue weighted by Crippen LogP contribution is 2.35. The summed E-state index contributed by atoms with van der Waals surface area (Å²) in [7, 11) is -3.94. The number of aromatic nitrogens is 2. The zero-order chi connectivity index (χ0) is 23.9. The lowest BCUT2D eigenvalue weighted by Gasteiger charge is -2.35. The second-order valence-corrected chi connectivity index (χ2v) is 10.3. The summed E-state index contributed by atoms with van der Waals surface area (Å²) in [5.74, 6) is -0.915. The average molecular weight is 502 g/mol. The van der Waals surface area contributed by atoms with Gasteiger partial charge in [0.05, 0.1) is 4.90 Å². The second-order valence-electron chi connectivity index (χ2n) is 8.21. The first-order valence-corrected chi connectivity index (χ1v) is 12.7. The number of sulfonamides is 1. The maximum absolute atomic E-state index is 13.3. The van der Waals surface area contributed by atoms with Crippen LogP contribution in [0.3, 0.4) is 0 Å². The van der Waals surface area contributed by atoms with E-state index in [1.807, 2.05) is 18.2 Å². The number of carbonyl (C=O) groups is 1. The zero-order valence-corrected chi connectivity index (χ0v) is 19.6. The predicted octanol–water partition coefficient (Wildman–Crippen LogP) is 3.63. The number of halogens is 2. The van der Waals surface area contributed by atoms with Gasteiger partial charge in [-0.3, -0.25) is 9.52 Å². The monoisotopic (exact) mass is 501 g/mol. The van der Waals surface area contributed by atoms with E-state index in [1.165, 1.54) is 18.2 Å². The SMILES string of the molecule is O=C1[C@H](N2CCCc3cc(Cl)ccc32)CCN1c1ccc(S(=O)(=O)Nc2ccc(F)nn2)cc1. The molecule has 2 aliphatic rings. The van der Waals surface area contributed by atoms with Crippen molar-refractivity contribution in [2.45, 2.75) is 30.2 Å². The number of benzene rings is 2. The molecule has 0 aliphatic carbocycles. The first kappa shape index (κ1) is 22.5. The lowest BCUT2D eigenvalue weighted by Crippen LogP contribution is -2.44. The van der Waals surface area contributed by atoms with E-state index in [4.69, 9.17) is 11.6 Å². The third-order valence-electron chi connectivity index (χ3n) is 6.08. The molecule has 1 N–H and O–H groups in total. The summed E-state index contributed by atoms with van der Waals surface area (Å²) in [5, 5.41) is 7.36. The number of carbonyl (C=O) groups excluding carboxylic acids is 1. The van der Waals surface area contributed by atoms with Crippen LogP contribution in [0.15, 0.2) is 59.5 Å². The smallest absolute Gasteiger partial charge is 0.263 e. The summed E-state index contributed by atoms with van der Waals surface area (Å²) in [6, 6.07) is 13.8. The molecule has 0 unspecified atom stereocenters. The van der Waals surface area contributed by atoms with Gasteiger partial charge in [0.1, 0.15) is 6.04 Å². The number of anilines is 3. The predicted molar refractivity (Wildman–Crippen MR) is 127 cm³/mol. The summed E-state index contributed by atoms with van der Waals surface area (Å²) < 4.78 is 40.4. The van der Waals surface area contributed by atoms with Gasteiger partial charge < -0.3 is 9.80 Å². The highest BCUT2D eigenvalue weighted by molar-refractivity contribution is 7.92. The lowest BCUT2D eigenvalue weighted by molar-refractivity contribution is -0.118. The molecule has 1 atom stereocenters. The molecular weight excluding hydrogens is 481 g/mol. The second kappa shape index (κ2) is 8.84. The summed E-state index contributed by atoms with van der Waals surface area (Å²) in [6.07, 6.45) is 2.56. The largest absolute Gasteiger partial charge is 0.359 e.